The van der Waals surface area contributed by atoms with Crippen LogP contribution < -0.4 is 5.32 Å². The maximum Gasteiger partial charge on any atom is 0.250 e. The van der Waals surface area contributed by atoms with Crippen molar-refractivity contribution >= 4 is 5.91 Å². The first-order valence-electron chi connectivity index (χ1n) is 9.45. The standard InChI is InChI=1S/C17H27N3O.C5H10/c1-14(2)6-7-15(3)12-16(4)17(21)19-8-5-10-20-11-9-18-13-20;1-4-5(2)3/h9,11-14H,4-8,10H2,1-3H3,(H,19,21);4H,1-3H3/b15-12-;. The minimum Gasteiger partial charge on any atom is -0.352 e. The summed E-state index contributed by atoms with van der Waals surface area (Å²) in [4.78, 5) is 15.9. The number of nitrogens with one attached hydrogen (secondary N) is 1. The highest BCUT2D eigenvalue weighted by atomic mass is 16.1. The first kappa shape index (κ1) is 23.9. The van der Waals surface area contributed by atoms with E-state index in [-0.39, 0.29) is 5.91 Å². The Hall–Kier alpha value is -2.10. The lowest BCUT2D eigenvalue weighted by Gasteiger charge is -2.08. The fourth-order valence-electron chi connectivity index (χ4n) is 1.95. The number of rotatable bonds is 9. The van der Waals surface area contributed by atoms with Crippen LogP contribution in [0, 0.1) is 5.92 Å². The molecule has 146 valence electrons. The summed E-state index contributed by atoms with van der Waals surface area (Å²) < 4.78 is 2.00. The van der Waals surface area contributed by atoms with Crippen molar-refractivity contribution in [3.05, 3.63) is 54.2 Å². The fraction of sp³-hybridized carbons (Fsp3) is 0.545. The molecule has 1 aromatic rings. The monoisotopic (exact) mass is 359 g/mol. The molecular weight excluding hydrogens is 322 g/mol. The summed E-state index contributed by atoms with van der Waals surface area (Å²) in [6, 6.07) is 0. The molecule has 0 spiro atoms. The number of nitrogens with zero attached hydrogens (tertiary/aromatic N) is 2. The highest BCUT2D eigenvalue weighted by molar-refractivity contribution is 5.95. The van der Waals surface area contributed by atoms with Crippen molar-refractivity contribution in [2.45, 2.75) is 67.3 Å². The number of hydrogen-bond donors (Lipinski definition) is 1. The molecule has 1 heterocycles. The first-order chi connectivity index (χ1) is 12.3. The number of aromatic nitrogens is 2. The molecule has 0 saturated carbocycles. The minimum absolute atomic E-state index is 0.0791. The summed E-state index contributed by atoms with van der Waals surface area (Å²) in [5.41, 5.74) is 3.13. The van der Waals surface area contributed by atoms with E-state index in [4.69, 9.17) is 0 Å². The predicted octanol–water partition coefficient (Wildman–Crippen LogP) is 5.30. The molecule has 1 rings (SSSR count). The molecule has 0 aliphatic heterocycles. The Kier molecular flexibility index (Phi) is 13.0. The van der Waals surface area contributed by atoms with Crippen LogP contribution in [0.5, 0.6) is 0 Å². The predicted molar refractivity (Wildman–Crippen MR) is 112 cm³/mol. The second kappa shape index (κ2) is 14.1. The van der Waals surface area contributed by atoms with Crippen molar-refractivity contribution in [2.24, 2.45) is 5.92 Å². The number of aryl methyl sites for hydroxylation is 1. The third-order valence-electron chi connectivity index (χ3n) is 3.84. The summed E-state index contributed by atoms with van der Waals surface area (Å²) in [7, 11) is 0. The first-order valence-corrected chi connectivity index (χ1v) is 9.45. The van der Waals surface area contributed by atoms with Crippen LogP contribution in [0.3, 0.4) is 0 Å². The van der Waals surface area contributed by atoms with E-state index in [9.17, 15) is 4.79 Å². The Labute approximate surface area is 160 Å². The second-order valence-electron chi connectivity index (χ2n) is 7.22. The maximum absolute atomic E-state index is 11.9. The van der Waals surface area contributed by atoms with Gasteiger partial charge in [0.15, 0.2) is 0 Å². The van der Waals surface area contributed by atoms with Gasteiger partial charge in [-0.15, -0.1) is 0 Å². The molecule has 0 unspecified atom stereocenters. The Morgan fingerprint density at radius 2 is 1.96 bits per heavy atom. The van der Waals surface area contributed by atoms with Gasteiger partial charge in [-0.3, -0.25) is 4.79 Å². The van der Waals surface area contributed by atoms with Crippen LogP contribution in [-0.4, -0.2) is 22.0 Å². The molecule has 0 radical (unpaired) electrons. The molecule has 4 heteroatoms. The molecule has 1 amide bonds. The third kappa shape index (κ3) is 13.2. The van der Waals surface area contributed by atoms with Crippen molar-refractivity contribution < 1.29 is 4.79 Å². The van der Waals surface area contributed by atoms with Crippen LogP contribution in [0.25, 0.3) is 0 Å². The van der Waals surface area contributed by atoms with E-state index in [1.807, 2.05) is 23.8 Å². The van der Waals surface area contributed by atoms with Crippen molar-refractivity contribution in [3.8, 4) is 0 Å². The zero-order valence-electron chi connectivity index (χ0n) is 17.5. The lowest BCUT2D eigenvalue weighted by Crippen LogP contribution is -2.25. The SMILES string of the molecule is C=C(/C=C(/C)CCC(C)C)C(=O)NCCCn1ccnc1.CC=C(C)C. The average Bonchev–Trinajstić information content (AvgIpc) is 3.10. The lowest BCUT2D eigenvalue weighted by atomic mass is 10.0. The van der Waals surface area contributed by atoms with E-state index in [1.54, 1.807) is 12.5 Å². The van der Waals surface area contributed by atoms with Gasteiger partial charge in [0.25, 0.3) is 5.91 Å². The van der Waals surface area contributed by atoms with Gasteiger partial charge in [0.05, 0.1) is 6.33 Å². The van der Waals surface area contributed by atoms with Gasteiger partial charge in [0.2, 0.25) is 0 Å². The molecule has 0 atom stereocenters. The van der Waals surface area contributed by atoms with Crippen molar-refractivity contribution in [2.75, 3.05) is 6.54 Å². The van der Waals surface area contributed by atoms with E-state index >= 15 is 0 Å². The fourth-order valence-corrected chi connectivity index (χ4v) is 1.95. The Morgan fingerprint density at radius 1 is 1.31 bits per heavy atom. The van der Waals surface area contributed by atoms with Crippen LogP contribution in [0.1, 0.15) is 60.8 Å². The zero-order valence-corrected chi connectivity index (χ0v) is 17.5. The van der Waals surface area contributed by atoms with Crippen molar-refractivity contribution in [1.29, 1.82) is 0 Å². The molecule has 1 N–H and O–H groups in total. The van der Waals surface area contributed by atoms with Crippen LogP contribution in [0.15, 0.2) is 54.2 Å². The number of carbonyl (C=O) groups excluding carboxylic acids is 1. The van der Waals surface area contributed by atoms with Gasteiger partial charge in [-0.05, 0) is 52.9 Å². The van der Waals surface area contributed by atoms with Gasteiger partial charge in [0, 0.05) is 31.1 Å². The third-order valence-corrected chi connectivity index (χ3v) is 3.84. The molecule has 0 aliphatic carbocycles. The van der Waals surface area contributed by atoms with Gasteiger partial charge in [-0.1, -0.05) is 43.7 Å². The number of amides is 1. The van der Waals surface area contributed by atoms with Gasteiger partial charge >= 0.3 is 0 Å². The van der Waals surface area contributed by atoms with Crippen LogP contribution in [0.4, 0.5) is 0 Å². The quantitative estimate of drug-likeness (QED) is 0.281. The number of allylic oxidation sites excluding steroid dienone is 3. The molecule has 26 heavy (non-hydrogen) atoms. The minimum atomic E-state index is -0.0791. The van der Waals surface area contributed by atoms with Gasteiger partial charge < -0.3 is 9.88 Å². The highest BCUT2D eigenvalue weighted by Gasteiger charge is 2.04. The number of imidazole rings is 1. The Morgan fingerprint density at radius 3 is 2.46 bits per heavy atom. The van der Waals surface area contributed by atoms with Gasteiger partial charge in [-0.25, -0.2) is 4.98 Å². The largest absolute Gasteiger partial charge is 0.352 e. The molecule has 4 nitrogen and oxygen atoms in total. The van der Waals surface area contributed by atoms with E-state index in [1.165, 1.54) is 11.1 Å². The van der Waals surface area contributed by atoms with Crippen LogP contribution in [-0.2, 0) is 11.3 Å². The molecule has 0 fully saturated rings. The van der Waals surface area contributed by atoms with E-state index in [0.717, 1.165) is 25.8 Å². The zero-order chi connectivity index (χ0) is 19.9. The topological polar surface area (TPSA) is 46.9 Å². The molecule has 0 saturated heterocycles. The van der Waals surface area contributed by atoms with Crippen LogP contribution in [0.2, 0.25) is 0 Å². The summed E-state index contributed by atoms with van der Waals surface area (Å²) in [6.45, 7) is 18.0. The highest BCUT2D eigenvalue weighted by Crippen LogP contribution is 2.12. The number of hydrogen-bond acceptors (Lipinski definition) is 2. The van der Waals surface area contributed by atoms with E-state index in [0.29, 0.717) is 18.0 Å². The Balaban J connectivity index is 0.00000110. The molecule has 1 aromatic heterocycles. The molecular formula is C22H37N3O. The Bertz CT molecular complexity index is 577. The van der Waals surface area contributed by atoms with Crippen LogP contribution >= 0.6 is 0 Å². The summed E-state index contributed by atoms with van der Waals surface area (Å²) >= 11 is 0. The van der Waals surface area contributed by atoms with E-state index in [2.05, 4.69) is 57.6 Å². The summed E-state index contributed by atoms with van der Waals surface area (Å²) in [5, 5.41) is 2.90. The number of carbonyl (C=O) groups is 1. The van der Waals surface area contributed by atoms with Crippen molar-refractivity contribution in [3.63, 3.8) is 0 Å². The summed E-state index contributed by atoms with van der Waals surface area (Å²) in [5.74, 6) is 0.600. The van der Waals surface area contributed by atoms with E-state index < -0.39 is 0 Å². The molecule has 0 bridgehead atoms. The average molecular weight is 360 g/mol. The maximum atomic E-state index is 11.9. The summed E-state index contributed by atoms with van der Waals surface area (Å²) in [6.07, 6.45) is 12.5. The normalized spacial score (nSPS) is 10.8. The lowest BCUT2D eigenvalue weighted by molar-refractivity contribution is -0.117. The van der Waals surface area contributed by atoms with Gasteiger partial charge in [0.1, 0.15) is 0 Å². The second-order valence-corrected chi connectivity index (χ2v) is 7.22. The van der Waals surface area contributed by atoms with Gasteiger partial charge in [-0.2, -0.15) is 0 Å². The van der Waals surface area contributed by atoms with Crippen molar-refractivity contribution in [1.82, 2.24) is 14.9 Å². The smallest absolute Gasteiger partial charge is 0.250 e. The molecule has 0 aliphatic rings. The molecule has 0 aromatic carbocycles.